The van der Waals surface area contributed by atoms with Crippen LogP contribution in [0.15, 0.2) is 30.3 Å². The number of nitrogens with one attached hydrogen (secondary N) is 1. The van der Waals surface area contributed by atoms with Crippen LogP contribution in [-0.4, -0.2) is 5.71 Å². The van der Waals surface area contributed by atoms with Gasteiger partial charge < -0.3 is 5.41 Å². The number of rotatable bonds is 2. The summed E-state index contributed by atoms with van der Waals surface area (Å²) in [6, 6.07) is 10.2. The third-order valence-corrected chi connectivity index (χ3v) is 3.10. The van der Waals surface area contributed by atoms with E-state index in [1.165, 1.54) is 32.1 Å². The lowest BCUT2D eigenvalue weighted by Crippen LogP contribution is -2.17. The van der Waals surface area contributed by atoms with Crippen LogP contribution >= 0.6 is 0 Å². The molecule has 0 bridgehead atoms. The van der Waals surface area contributed by atoms with Crippen molar-refractivity contribution in [1.29, 1.82) is 5.41 Å². The highest BCUT2D eigenvalue weighted by Gasteiger charge is 2.18. The molecule has 1 heteroatoms. The molecule has 0 radical (unpaired) electrons. The molecule has 1 aromatic carbocycles. The molecule has 1 nitrogen and oxygen atoms in total. The van der Waals surface area contributed by atoms with Crippen LogP contribution in [0.2, 0.25) is 0 Å². The van der Waals surface area contributed by atoms with Crippen LogP contribution in [0.1, 0.15) is 51.5 Å². The van der Waals surface area contributed by atoms with E-state index >= 15 is 0 Å². The number of hydrogen-bond donors (Lipinski definition) is 1. The Kier molecular flexibility index (Phi) is 5.84. The van der Waals surface area contributed by atoms with Crippen LogP contribution in [-0.2, 0) is 0 Å². The molecule has 0 unspecified atom stereocenters. The van der Waals surface area contributed by atoms with Crippen molar-refractivity contribution in [2.75, 3.05) is 0 Å². The van der Waals surface area contributed by atoms with E-state index in [2.05, 4.69) is 12.1 Å². The maximum atomic E-state index is 8.12. The van der Waals surface area contributed by atoms with Gasteiger partial charge in [0.15, 0.2) is 0 Å². The quantitative estimate of drug-likeness (QED) is 0.697. The third-order valence-electron chi connectivity index (χ3n) is 3.10. The Hall–Kier alpha value is -1.11. The van der Waals surface area contributed by atoms with E-state index in [-0.39, 0.29) is 0 Å². The second-order valence-corrected chi connectivity index (χ2v) is 4.11. The second-order valence-electron chi connectivity index (χ2n) is 4.11. The highest BCUT2D eigenvalue weighted by Crippen LogP contribution is 2.26. The standard InChI is InChI=1S/C13H17N.C2H6/c14-13(11-7-3-1-4-8-11)12-9-5-2-6-10-12;1-2/h1,3-4,7-8,12,14H,2,5-6,9-10H2;1-2H3. The van der Waals surface area contributed by atoms with E-state index in [9.17, 15) is 0 Å². The van der Waals surface area contributed by atoms with Crippen molar-refractivity contribution in [2.45, 2.75) is 46.0 Å². The molecule has 1 N–H and O–H groups in total. The van der Waals surface area contributed by atoms with Crippen LogP contribution in [0.4, 0.5) is 0 Å². The summed E-state index contributed by atoms with van der Waals surface area (Å²) >= 11 is 0. The average molecular weight is 217 g/mol. The fourth-order valence-corrected chi connectivity index (χ4v) is 2.24. The smallest absolute Gasteiger partial charge is 0.0417 e. The Labute approximate surface area is 99.4 Å². The lowest BCUT2D eigenvalue weighted by atomic mass is 9.83. The Morgan fingerprint density at radius 3 is 2.12 bits per heavy atom. The van der Waals surface area contributed by atoms with Gasteiger partial charge in [0.25, 0.3) is 0 Å². The molecule has 1 saturated carbocycles. The topological polar surface area (TPSA) is 23.9 Å². The zero-order chi connectivity index (χ0) is 11.8. The SMILES string of the molecule is CC.N=C(c1ccccc1)C1CCCCC1. The van der Waals surface area contributed by atoms with Crippen molar-refractivity contribution >= 4 is 5.71 Å². The maximum absolute atomic E-state index is 8.12. The summed E-state index contributed by atoms with van der Waals surface area (Å²) in [4.78, 5) is 0. The summed E-state index contributed by atoms with van der Waals surface area (Å²) in [6.07, 6.45) is 6.40. The fourth-order valence-electron chi connectivity index (χ4n) is 2.24. The van der Waals surface area contributed by atoms with Crippen molar-refractivity contribution in [3.05, 3.63) is 35.9 Å². The molecule has 1 fully saturated rings. The first-order valence-electron chi connectivity index (χ1n) is 6.52. The molecule has 88 valence electrons. The summed E-state index contributed by atoms with van der Waals surface area (Å²) in [6.45, 7) is 4.00. The number of hydrogen-bond acceptors (Lipinski definition) is 1. The molecule has 16 heavy (non-hydrogen) atoms. The highest BCUT2D eigenvalue weighted by molar-refractivity contribution is 5.99. The summed E-state index contributed by atoms with van der Waals surface area (Å²) in [5.74, 6) is 0.520. The zero-order valence-corrected chi connectivity index (χ0v) is 10.5. The lowest BCUT2D eigenvalue weighted by Gasteiger charge is -2.22. The van der Waals surface area contributed by atoms with Crippen molar-refractivity contribution in [3.8, 4) is 0 Å². The first-order chi connectivity index (χ1) is 7.88. The van der Waals surface area contributed by atoms with Gasteiger partial charge in [-0.3, -0.25) is 0 Å². The van der Waals surface area contributed by atoms with Crippen molar-refractivity contribution in [2.24, 2.45) is 5.92 Å². The van der Waals surface area contributed by atoms with Crippen molar-refractivity contribution in [3.63, 3.8) is 0 Å². The van der Waals surface area contributed by atoms with Crippen LogP contribution in [0.25, 0.3) is 0 Å². The molecule has 0 spiro atoms. The van der Waals surface area contributed by atoms with Gasteiger partial charge in [0.05, 0.1) is 0 Å². The van der Waals surface area contributed by atoms with E-state index in [4.69, 9.17) is 5.41 Å². The molecule has 1 aliphatic carbocycles. The predicted molar refractivity (Wildman–Crippen MR) is 71.2 cm³/mol. The lowest BCUT2D eigenvalue weighted by molar-refractivity contribution is 0.438. The van der Waals surface area contributed by atoms with E-state index in [0.717, 1.165) is 11.3 Å². The van der Waals surface area contributed by atoms with E-state index in [1.54, 1.807) is 0 Å². The molecule has 0 heterocycles. The minimum atomic E-state index is 0.520. The van der Waals surface area contributed by atoms with Gasteiger partial charge >= 0.3 is 0 Å². The molecule has 0 aromatic heterocycles. The van der Waals surface area contributed by atoms with Gasteiger partial charge in [-0.15, -0.1) is 0 Å². The highest BCUT2D eigenvalue weighted by atomic mass is 14.5. The average Bonchev–Trinajstić information content (AvgIpc) is 2.42. The summed E-state index contributed by atoms with van der Waals surface area (Å²) in [7, 11) is 0. The van der Waals surface area contributed by atoms with Crippen molar-refractivity contribution in [1.82, 2.24) is 0 Å². The first-order valence-corrected chi connectivity index (χ1v) is 6.52. The van der Waals surface area contributed by atoms with Gasteiger partial charge in [0, 0.05) is 11.6 Å². The van der Waals surface area contributed by atoms with Gasteiger partial charge in [0.1, 0.15) is 0 Å². The predicted octanol–water partition coefficient (Wildman–Crippen LogP) is 4.66. The Morgan fingerprint density at radius 2 is 1.56 bits per heavy atom. The monoisotopic (exact) mass is 217 g/mol. The van der Waals surface area contributed by atoms with Gasteiger partial charge in [-0.1, -0.05) is 63.4 Å². The Morgan fingerprint density at radius 1 is 1.00 bits per heavy atom. The van der Waals surface area contributed by atoms with Crippen LogP contribution in [0.3, 0.4) is 0 Å². The van der Waals surface area contributed by atoms with E-state index in [0.29, 0.717) is 5.92 Å². The maximum Gasteiger partial charge on any atom is 0.0417 e. The number of benzene rings is 1. The summed E-state index contributed by atoms with van der Waals surface area (Å²) < 4.78 is 0. The second kappa shape index (κ2) is 7.21. The van der Waals surface area contributed by atoms with Gasteiger partial charge in [-0.25, -0.2) is 0 Å². The normalized spacial score (nSPS) is 16.1. The molecule has 0 saturated heterocycles. The van der Waals surface area contributed by atoms with Crippen molar-refractivity contribution < 1.29 is 0 Å². The first kappa shape index (κ1) is 13.0. The molecule has 0 amide bonds. The summed E-state index contributed by atoms with van der Waals surface area (Å²) in [5, 5.41) is 8.12. The molecule has 2 rings (SSSR count). The van der Waals surface area contributed by atoms with Crippen LogP contribution in [0.5, 0.6) is 0 Å². The molecular formula is C15H23N. The zero-order valence-electron chi connectivity index (χ0n) is 10.5. The van der Waals surface area contributed by atoms with Crippen LogP contribution < -0.4 is 0 Å². The van der Waals surface area contributed by atoms with E-state index < -0.39 is 0 Å². The van der Waals surface area contributed by atoms with Gasteiger partial charge in [0.2, 0.25) is 0 Å². The summed E-state index contributed by atoms with van der Waals surface area (Å²) in [5.41, 5.74) is 1.96. The molecular weight excluding hydrogens is 194 g/mol. The molecule has 1 aromatic rings. The molecule has 1 aliphatic rings. The Balaban J connectivity index is 0.000000606. The van der Waals surface area contributed by atoms with Gasteiger partial charge in [-0.2, -0.15) is 0 Å². The Bertz CT molecular complexity index is 296. The van der Waals surface area contributed by atoms with Gasteiger partial charge in [-0.05, 0) is 18.4 Å². The van der Waals surface area contributed by atoms with E-state index in [1.807, 2.05) is 32.0 Å². The molecule has 0 atom stereocenters. The third kappa shape index (κ3) is 3.48. The minimum Gasteiger partial charge on any atom is -0.304 e. The minimum absolute atomic E-state index is 0.520. The molecule has 0 aliphatic heterocycles. The fraction of sp³-hybridized carbons (Fsp3) is 0.533. The van der Waals surface area contributed by atoms with Crippen LogP contribution in [0, 0.1) is 11.3 Å². The largest absolute Gasteiger partial charge is 0.304 e.